The Morgan fingerprint density at radius 2 is 1.64 bits per heavy atom. The van der Waals surface area contributed by atoms with Crippen LogP contribution in [-0.4, -0.2) is 34.1 Å². The van der Waals surface area contributed by atoms with Gasteiger partial charge in [0.2, 0.25) is 0 Å². The standard InChI is InChI=1S/C14H18O7S/c1-14(2,3)13(16)21-10-5-7-11(8-6-10)22(17,18)20-9-12(15)19-4/h5-8H,9H2,1-4H3. The number of carbonyl (C=O) groups is 2. The molecule has 0 bridgehead atoms. The number of ether oxygens (including phenoxy) is 2. The lowest BCUT2D eigenvalue weighted by Crippen LogP contribution is -2.25. The molecule has 0 N–H and O–H groups in total. The fraction of sp³-hybridized carbons (Fsp3) is 0.429. The summed E-state index contributed by atoms with van der Waals surface area (Å²) in [4.78, 5) is 22.4. The van der Waals surface area contributed by atoms with Crippen molar-refractivity contribution in [2.45, 2.75) is 25.7 Å². The van der Waals surface area contributed by atoms with E-state index >= 15 is 0 Å². The molecule has 0 aliphatic rings. The first kappa shape index (κ1) is 18.1. The fourth-order valence-corrected chi connectivity index (χ4v) is 2.04. The molecule has 0 spiro atoms. The van der Waals surface area contributed by atoms with Gasteiger partial charge in [0.1, 0.15) is 5.75 Å². The molecular formula is C14H18O7S. The molecule has 0 atom stereocenters. The lowest BCUT2D eigenvalue weighted by atomic mass is 9.97. The van der Waals surface area contributed by atoms with Gasteiger partial charge in [0.05, 0.1) is 17.4 Å². The van der Waals surface area contributed by atoms with Crippen molar-refractivity contribution in [2.24, 2.45) is 5.41 Å². The molecule has 0 amide bonds. The van der Waals surface area contributed by atoms with Gasteiger partial charge in [0.15, 0.2) is 6.61 Å². The summed E-state index contributed by atoms with van der Waals surface area (Å²) < 4.78 is 37.6. The molecule has 0 saturated heterocycles. The van der Waals surface area contributed by atoms with Crippen LogP contribution in [0.25, 0.3) is 0 Å². The molecule has 0 radical (unpaired) electrons. The number of carbonyl (C=O) groups excluding carboxylic acids is 2. The molecule has 22 heavy (non-hydrogen) atoms. The molecule has 0 saturated carbocycles. The fourth-order valence-electron chi connectivity index (χ4n) is 1.19. The molecular weight excluding hydrogens is 312 g/mol. The van der Waals surface area contributed by atoms with E-state index in [-0.39, 0.29) is 10.6 Å². The van der Waals surface area contributed by atoms with Crippen LogP contribution in [0.4, 0.5) is 0 Å². The monoisotopic (exact) mass is 330 g/mol. The van der Waals surface area contributed by atoms with E-state index in [1.54, 1.807) is 20.8 Å². The van der Waals surface area contributed by atoms with Gasteiger partial charge in [-0.15, -0.1) is 0 Å². The van der Waals surface area contributed by atoms with Gasteiger partial charge in [-0.3, -0.25) is 8.98 Å². The summed E-state index contributed by atoms with van der Waals surface area (Å²) in [6.07, 6.45) is 0. The predicted molar refractivity (Wildman–Crippen MR) is 76.7 cm³/mol. The summed E-state index contributed by atoms with van der Waals surface area (Å²) in [5.41, 5.74) is -0.672. The van der Waals surface area contributed by atoms with Crippen molar-refractivity contribution >= 4 is 22.1 Å². The summed E-state index contributed by atoms with van der Waals surface area (Å²) in [7, 11) is -2.96. The molecule has 0 heterocycles. The normalized spacial score (nSPS) is 11.8. The molecule has 1 aromatic carbocycles. The average Bonchev–Trinajstić information content (AvgIpc) is 2.44. The molecule has 1 aromatic rings. The van der Waals surface area contributed by atoms with Crippen molar-refractivity contribution in [3.63, 3.8) is 0 Å². The first-order valence-corrected chi connectivity index (χ1v) is 7.75. The van der Waals surface area contributed by atoms with Crippen LogP contribution in [0.3, 0.4) is 0 Å². The average molecular weight is 330 g/mol. The Labute approximate surface area is 129 Å². The number of methoxy groups -OCH3 is 1. The second kappa shape index (κ2) is 6.89. The summed E-state index contributed by atoms with van der Waals surface area (Å²) in [5.74, 6) is -1.03. The minimum atomic E-state index is -4.08. The highest BCUT2D eigenvalue weighted by Crippen LogP contribution is 2.21. The zero-order chi connectivity index (χ0) is 17.0. The van der Waals surface area contributed by atoms with Crippen LogP contribution in [0.2, 0.25) is 0 Å². The topological polar surface area (TPSA) is 96.0 Å². The van der Waals surface area contributed by atoms with E-state index < -0.39 is 34.1 Å². The predicted octanol–water partition coefficient (Wildman–Crippen LogP) is 1.52. The van der Waals surface area contributed by atoms with Crippen molar-refractivity contribution in [1.29, 1.82) is 0 Å². The summed E-state index contributed by atoms with van der Waals surface area (Å²) in [6.45, 7) is 4.40. The first-order valence-electron chi connectivity index (χ1n) is 6.35. The third-order valence-corrected chi connectivity index (χ3v) is 3.77. The van der Waals surface area contributed by atoms with E-state index in [9.17, 15) is 18.0 Å². The van der Waals surface area contributed by atoms with E-state index in [1.807, 2.05) is 0 Å². The molecule has 0 aliphatic heterocycles. The molecule has 7 nitrogen and oxygen atoms in total. The van der Waals surface area contributed by atoms with Crippen molar-refractivity contribution in [3.05, 3.63) is 24.3 Å². The summed E-state index contributed by atoms with van der Waals surface area (Å²) >= 11 is 0. The molecule has 8 heteroatoms. The Kier molecular flexibility index (Phi) is 5.67. The number of rotatable bonds is 5. The first-order chi connectivity index (χ1) is 10.1. The Morgan fingerprint density at radius 1 is 1.09 bits per heavy atom. The van der Waals surface area contributed by atoms with E-state index in [4.69, 9.17) is 4.74 Å². The lowest BCUT2D eigenvalue weighted by Gasteiger charge is -2.16. The molecule has 1 rings (SSSR count). The Balaban J connectivity index is 2.80. The molecule has 0 aromatic heterocycles. The number of hydrogen-bond acceptors (Lipinski definition) is 7. The van der Waals surface area contributed by atoms with E-state index in [1.165, 1.54) is 24.3 Å². The third kappa shape index (κ3) is 5.12. The van der Waals surface area contributed by atoms with Gasteiger partial charge in [0.25, 0.3) is 10.1 Å². The Hall–Kier alpha value is -1.93. The number of esters is 2. The molecule has 0 unspecified atom stereocenters. The number of benzene rings is 1. The van der Waals surface area contributed by atoms with Gasteiger partial charge < -0.3 is 9.47 Å². The van der Waals surface area contributed by atoms with Gasteiger partial charge >= 0.3 is 11.9 Å². The minimum absolute atomic E-state index is 0.160. The molecule has 0 fully saturated rings. The van der Waals surface area contributed by atoms with Gasteiger partial charge in [0, 0.05) is 0 Å². The van der Waals surface area contributed by atoms with Crippen molar-refractivity contribution in [1.82, 2.24) is 0 Å². The van der Waals surface area contributed by atoms with E-state index in [0.29, 0.717) is 0 Å². The van der Waals surface area contributed by atoms with Crippen LogP contribution < -0.4 is 4.74 Å². The summed E-state index contributed by atoms with van der Waals surface area (Å²) in [6, 6.07) is 5.10. The summed E-state index contributed by atoms with van der Waals surface area (Å²) in [5, 5.41) is 0. The zero-order valence-corrected chi connectivity index (χ0v) is 13.6. The maximum atomic E-state index is 11.8. The van der Waals surface area contributed by atoms with Crippen LogP contribution in [0.1, 0.15) is 20.8 Å². The van der Waals surface area contributed by atoms with Crippen LogP contribution >= 0.6 is 0 Å². The van der Waals surface area contributed by atoms with Crippen LogP contribution in [0, 0.1) is 5.41 Å². The molecule has 122 valence electrons. The number of hydrogen-bond donors (Lipinski definition) is 0. The smallest absolute Gasteiger partial charge is 0.333 e. The second-order valence-electron chi connectivity index (χ2n) is 5.40. The maximum Gasteiger partial charge on any atom is 0.333 e. The van der Waals surface area contributed by atoms with Crippen molar-refractivity contribution in [2.75, 3.05) is 13.7 Å². The van der Waals surface area contributed by atoms with Gasteiger partial charge in [-0.1, -0.05) is 0 Å². The minimum Gasteiger partial charge on any atom is -0.467 e. The Morgan fingerprint density at radius 3 is 2.09 bits per heavy atom. The van der Waals surface area contributed by atoms with Gasteiger partial charge in [-0.25, -0.2) is 4.79 Å². The van der Waals surface area contributed by atoms with Gasteiger partial charge in [-0.05, 0) is 45.0 Å². The van der Waals surface area contributed by atoms with Crippen LogP contribution in [-0.2, 0) is 28.6 Å². The highest BCUT2D eigenvalue weighted by molar-refractivity contribution is 7.86. The second-order valence-corrected chi connectivity index (χ2v) is 7.02. The van der Waals surface area contributed by atoms with Gasteiger partial charge in [-0.2, -0.15) is 8.42 Å². The van der Waals surface area contributed by atoms with Crippen LogP contribution in [0.5, 0.6) is 5.75 Å². The van der Waals surface area contributed by atoms with Crippen molar-refractivity contribution in [3.8, 4) is 5.75 Å². The highest BCUT2D eigenvalue weighted by Gasteiger charge is 2.24. The lowest BCUT2D eigenvalue weighted by molar-refractivity contribution is -0.143. The van der Waals surface area contributed by atoms with Crippen molar-refractivity contribution < 1.29 is 31.7 Å². The van der Waals surface area contributed by atoms with E-state index in [2.05, 4.69) is 8.92 Å². The highest BCUT2D eigenvalue weighted by atomic mass is 32.2. The zero-order valence-electron chi connectivity index (χ0n) is 12.8. The molecule has 0 aliphatic carbocycles. The van der Waals surface area contributed by atoms with E-state index in [0.717, 1.165) is 7.11 Å². The maximum absolute atomic E-state index is 11.8. The van der Waals surface area contributed by atoms with Crippen LogP contribution in [0.15, 0.2) is 29.2 Å². The quantitative estimate of drug-likeness (QED) is 0.459. The largest absolute Gasteiger partial charge is 0.467 e. The Bertz CT molecular complexity index is 639. The SMILES string of the molecule is COC(=O)COS(=O)(=O)c1ccc(OC(=O)C(C)(C)C)cc1. The third-order valence-electron chi connectivity index (χ3n) is 2.49.